The molecule has 0 amide bonds. The summed E-state index contributed by atoms with van der Waals surface area (Å²) in [4.78, 5) is 13.1. The fourth-order valence-electron chi connectivity index (χ4n) is 2.41. The molecule has 0 unspecified atom stereocenters. The van der Waals surface area contributed by atoms with Crippen LogP contribution in [-0.2, 0) is 11.3 Å². The van der Waals surface area contributed by atoms with E-state index in [1.807, 2.05) is 41.8 Å². The highest BCUT2D eigenvalue weighted by Crippen LogP contribution is 2.25. The topological polar surface area (TPSA) is 88.1 Å². The molecule has 2 N–H and O–H groups in total. The summed E-state index contributed by atoms with van der Waals surface area (Å²) in [7, 11) is 0. The Kier molecular flexibility index (Phi) is 5.83. The second-order valence-electron chi connectivity index (χ2n) is 5.42. The van der Waals surface area contributed by atoms with E-state index in [2.05, 4.69) is 30.9 Å². The van der Waals surface area contributed by atoms with Crippen LogP contribution < -0.4 is 10.5 Å². The Balaban J connectivity index is 1.83. The van der Waals surface area contributed by atoms with E-state index in [9.17, 15) is 0 Å². The van der Waals surface area contributed by atoms with Gasteiger partial charge in [-0.05, 0) is 28.4 Å². The Morgan fingerprint density at radius 2 is 1.92 bits per heavy atom. The molecule has 1 aromatic carbocycles. The van der Waals surface area contributed by atoms with Crippen molar-refractivity contribution in [1.82, 2.24) is 19.5 Å². The van der Waals surface area contributed by atoms with Gasteiger partial charge >= 0.3 is 6.01 Å². The van der Waals surface area contributed by atoms with Crippen LogP contribution in [-0.4, -0.2) is 39.3 Å². The van der Waals surface area contributed by atoms with E-state index in [0.717, 1.165) is 12.0 Å². The fourth-order valence-corrected chi connectivity index (χ4v) is 2.88. The second-order valence-corrected chi connectivity index (χ2v) is 6.12. The van der Waals surface area contributed by atoms with Gasteiger partial charge in [0.1, 0.15) is 0 Å². The molecule has 0 radical (unpaired) electrons. The molecule has 0 atom stereocenters. The van der Waals surface area contributed by atoms with Crippen molar-refractivity contribution >= 4 is 32.9 Å². The van der Waals surface area contributed by atoms with Crippen LogP contribution in [0.4, 0.5) is 5.82 Å². The van der Waals surface area contributed by atoms with Gasteiger partial charge in [0.05, 0.1) is 13.2 Å². The van der Waals surface area contributed by atoms with Crippen LogP contribution in [0.25, 0.3) is 11.2 Å². The number of fused-ring (bicyclic) bond motifs is 1. The van der Waals surface area contributed by atoms with E-state index in [0.29, 0.717) is 48.1 Å². The van der Waals surface area contributed by atoms with E-state index in [4.69, 9.17) is 15.2 Å². The molecule has 0 saturated heterocycles. The first-order valence-corrected chi connectivity index (χ1v) is 8.92. The summed E-state index contributed by atoms with van der Waals surface area (Å²) in [6.07, 6.45) is 0.766. The zero-order valence-electron chi connectivity index (χ0n) is 14.0. The Hall–Kier alpha value is -2.19. The lowest BCUT2D eigenvalue weighted by Crippen LogP contribution is -2.08. The van der Waals surface area contributed by atoms with Gasteiger partial charge in [0, 0.05) is 19.6 Å². The zero-order chi connectivity index (χ0) is 17.6. The van der Waals surface area contributed by atoms with Gasteiger partial charge < -0.3 is 15.2 Å². The molecule has 0 aliphatic rings. The quantitative estimate of drug-likeness (QED) is 0.457. The maximum atomic E-state index is 6.03. The highest BCUT2D eigenvalue weighted by Gasteiger charge is 2.16. The van der Waals surface area contributed by atoms with Gasteiger partial charge in [-0.2, -0.15) is 9.97 Å². The number of nitrogens with two attached hydrogens (primary N) is 1. The third-order valence-corrected chi connectivity index (χ3v) is 4.21. The molecule has 0 bridgehead atoms. The Bertz CT molecular complexity index is 838. The monoisotopic (exact) mass is 405 g/mol. The van der Waals surface area contributed by atoms with E-state index in [1.165, 1.54) is 0 Å². The van der Waals surface area contributed by atoms with Crippen LogP contribution in [0.3, 0.4) is 0 Å². The molecule has 2 aromatic heterocycles. The number of ether oxygens (including phenoxy) is 2. The van der Waals surface area contributed by atoms with Gasteiger partial charge in [-0.1, -0.05) is 30.3 Å². The average Bonchev–Trinajstić information content (AvgIpc) is 2.92. The van der Waals surface area contributed by atoms with E-state index >= 15 is 0 Å². The number of hydrogen-bond acceptors (Lipinski definition) is 6. The van der Waals surface area contributed by atoms with Crippen molar-refractivity contribution in [1.29, 1.82) is 0 Å². The van der Waals surface area contributed by atoms with Crippen LogP contribution >= 0.6 is 15.9 Å². The largest absolute Gasteiger partial charge is 0.463 e. The molecular weight excluding hydrogens is 386 g/mol. The van der Waals surface area contributed by atoms with E-state index in [1.54, 1.807) is 0 Å². The highest BCUT2D eigenvalue weighted by atomic mass is 79.9. The molecule has 0 spiro atoms. The Morgan fingerprint density at radius 3 is 2.68 bits per heavy atom. The number of imidazole rings is 1. The first kappa shape index (κ1) is 17.6. The molecule has 25 heavy (non-hydrogen) atoms. The number of benzene rings is 1. The number of nitrogens with zero attached hydrogens (tertiary/aromatic N) is 4. The molecule has 2 heterocycles. The maximum absolute atomic E-state index is 6.03. The molecule has 0 saturated carbocycles. The van der Waals surface area contributed by atoms with Crippen LogP contribution in [0.5, 0.6) is 6.01 Å². The minimum absolute atomic E-state index is 0.253. The molecule has 0 aliphatic carbocycles. The summed E-state index contributed by atoms with van der Waals surface area (Å²) in [6, 6.07) is 10.3. The molecule has 132 valence electrons. The maximum Gasteiger partial charge on any atom is 0.320 e. The molecular formula is C17H20BrN5O2. The molecule has 0 fully saturated rings. The smallest absolute Gasteiger partial charge is 0.320 e. The lowest BCUT2D eigenvalue weighted by atomic mass is 10.2. The minimum Gasteiger partial charge on any atom is -0.463 e. The first-order chi connectivity index (χ1) is 12.2. The number of rotatable bonds is 8. The van der Waals surface area contributed by atoms with Crippen molar-refractivity contribution < 1.29 is 9.47 Å². The molecule has 0 aliphatic heterocycles. The van der Waals surface area contributed by atoms with Gasteiger partial charge in [-0.25, -0.2) is 4.98 Å². The summed E-state index contributed by atoms with van der Waals surface area (Å²) in [5.41, 5.74) is 8.37. The highest BCUT2D eigenvalue weighted by molar-refractivity contribution is 9.10. The summed E-state index contributed by atoms with van der Waals surface area (Å²) in [5, 5.41) is 0. The van der Waals surface area contributed by atoms with Crippen molar-refractivity contribution in [2.45, 2.75) is 19.9 Å². The SMILES string of the molecule is CCOCCCOc1nc(N)c2nc(Br)n(Cc3ccccc3)c2n1. The summed E-state index contributed by atoms with van der Waals surface area (Å²) in [5.74, 6) is 0.303. The van der Waals surface area contributed by atoms with Crippen LogP contribution in [0.1, 0.15) is 18.9 Å². The number of nitrogen functional groups attached to an aromatic ring is 1. The van der Waals surface area contributed by atoms with Crippen molar-refractivity contribution in [2.75, 3.05) is 25.6 Å². The van der Waals surface area contributed by atoms with Gasteiger partial charge in [-0.15, -0.1) is 0 Å². The lowest BCUT2D eigenvalue weighted by Gasteiger charge is -2.08. The fraction of sp³-hybridized carbons (Fsp3) is 0.353. The van der Waals surface area contributed by atoms with Crippen LogP contribution in [0.2, 0.25) is 0 Å². The zero-order valence-corrected chi connectivity index (χ0v) is 15.6. The van der Waals surface area contributed by atoms with Gasteiger partial charge in [0.25, 0.3) is 0 Å². The molecule has 7 nitrogen and oxygen atoms in total. The third kappa shape index (κ3) is 4.26. The lowest BCUT2D eigenvalue weighted by molar-refractivity contribution is 0.129. The molecule has 3 aromatic rings. The average molecular weight is 406 g/mol. The molecule has 8 heteroatoms. The van der Waals surface area contributed by atoms with Gasteiger partial charge in [0.2, 0.25) is 0 Å². The van der Waals surface area contributed by atoms with Crippen LogP contribution in [0, 0.1) is 0 Å². The summed E-state index contributed by atoms with van der Waals surface area (Å²) >= 11 is 3.48. The van der Waals surface area contributed by atoms with Crippen molar-refractivity contribution in [3.05, 3.63) is 40.6 Å². The predicted octanol–water partition coefficient (Wildman–Crippen LogP) is 3.02. The predicted molar refractivity (Wildman–Crippen MR) is 99.6 cm³/mol. The van der Waals surface area contributed by atoms with E-state index in [-0.39, 0.29) is 6.01 Å². The Morgan fingerprint density at radius 1 is 1.12 bits per heavy atom. The Labute approximate surface area is 154 Å². The van der Waals surface area contributed by atoms with Crippen molar-refractivity contribution in [3.63, 3.8) is 0 Å². The normalized spacial score (nSPS) is 11.1. The van der Waals surface area contributed by atoms with Gasteiger partial charge in [0.15, 0.2) is 21.7 Å². The van der Waals surface area contributed by atoms with Crippen LogP contribution in [0.15, 0.2) is 35.1 Å². The van der Waals surface area contributed by atoms with Crippen molar-refractivity contribution in [3.8, 4) is 6.01 Å². The van der Waals surface area contributed by atoms with E-state index < -0.39 is 0 Å². The molecule has 3 rings (SSSR count). The third-order valence-electron chi connectivity index (χ3n) is 3.61. The van der Waals surface area contributed by atoms with Crippen molar-refractivity contribution in [2.24, 2.45) is 0 Å². The number of hydrogen-bond donors (Lipinski definition) is 1. The second kappa shape index (κ2) is 8.26. The minimum atomic E-state index is 0.253. The summed E-state index contributed by atoms with van der Waals surface area (Å²) in [6.45, 7) is 4.40. The summed E-state index contributed by atoms with van der Waals surface area (Å²) < 4.78 is 13.5. The first-order valence-electron chi connectivity index (χ1n) is 8.12. The standard InChI is InChI=1S/C17H20BrN5O2/c1-2-24-9-6-10-25-17-21-14(19)13-15(22-17)23(16(18)20-13)11-12-7-4-3-5-8-12/h3-5,7-8H,2,6,9-11H2,1H3,(H2,19,21,22). The number of halogens is 1. The number of anilines is 1. The number of aromatic nitrogens is 4. The van der Waals surface area contributed by atoms with Gasteiger partial charge in [-0.3, -0.25) is 4.57 Å².